The number of hydrogen-bond acceptors (Lipinski definition) is 3. The van der Waals surface area contributed by atoms with Gasteiger partial charge in [0.15, 0.2) is 0 Å². The van der Waals surface area contributed by atoms with E-state index in [0.29, 0.717) is 24.4 Å². The molecule has 1 heterocycles. The van der Waals surface area contributed by atoms with Crippen LogP contribution in [0.3, 0.4) is 0 Å². The Balaban J connectivity index is 2.15. The van der Waals surface area contributed by atoms with Crippen molar-refractivity contribution in [3.8, 4) is 11.8 Å². The van der Waals surface area contributed by atoms with Crippen molar-refractivity contribution in [2.75, 3.05) is 20.2 Å². The largest absolute Gasteiger partial charge is 0.496 e. The highest BCUT2D eigenvalue weighted by atomic mass is 79.9. The summed E-state index contributed by atoms with van der Waals surface area (Å²) in [5.74, 6) is 0.624. The standard InChI is InChI=1S/C14H15BrN2O2/c1-19-13-8-11(15)2-3-12(13)14(18)17-6-4-10(9-16)5-7-17/h2-3,8,10H,4-7H2,1H3. The van der Waals surface area contributed by atoms with E-state index >= 15 is 0 Å². The molecule has 4 nitrogen and oxygen atoms in total. The maximum absolute atomic E-state index is 12.4. The number of ether oxygens (including phenoxy) is 1. The van der Waals surface area contributed by atoms with E-state index in [1.165, 1.54) is 0 Å². The van der Waals surface area contributed by atoms with Gasteiger partial charge in [0, 0.05) is 23.5 Å². The molecule has 19 heavy (non-hydrogen) atoms. The van der Waals surface area contributed by atoms with E-state index in [0.717, 1.165) is 17.3 Å². The van der Waals surface area contributed by atoms with Crippen molar-refractivity contribution in [1.82, 2.24) is 4.90 Å². The number of piperidine rings is 1. The zero-order valence-electron chi connectivity index (χ0n) is 10.7. The number of hydrogen-bond donors (Lipinski definition) is 0. The van der Waals surface area contributed by atoms with Crippen molar-refractivity contribution < 1.29 is 9.53 Å². The van der Waals surface area contributed by atoms with E-state index in [4.69, 9.17) is 10.00 Å². The minimum atomic E-state index is -0.0271. The van der Waals surface area contributed by atoms with E-state index < -0.39 is 0 Å². The minimum absolute atomic E-state index is 0.0271. The number of nitriles is 1. The zero-order valence-corrected chi connectivity index (χ0v) is 12.3. The Morgan fingerprint density at radius 2 is 2.16 bits per heavy atom. The van der Waals surface area contributed by atoms with E-state index in [1.54, 1.807) is 24.1 Å². The molecule has 2 rings (SSSR count). The second-order valence-corrected chi connectivity index (χ2v) is 5.46. The van der Waals surface area contributed by atoms with Gasteiger partial charge >= 0.3 is 0 Å². The van der Waals surface area contributed by atoms with Crippen LogP contribution in [0, 0.1) is 17.2 Å². The number of methoxy groups -OCH3 is 1. The first-order chi connectivity index (χ1) is 9.15. The molecule has 0 bridgehead atoms. The van der Waals surface area contributed by atoms with Crippen LogP contribution in [-0.4, -0.2) is 31.0 Å². The highest BCUT2D eigenvalue weighted by molar-refractivity contribution is 9.10. The van der Waals surface area contributed by atoms with E-state index in [1.807, 2.05) is 6.07 Å². The lowest BCUT2D eigenvalue weighted by molar-refractivity contribution is 0.0704. The van der Waals surface area contributed by atoms with Gasteiger partial charge in [0.05, 0.1) is 18.7 Å². The van der Waals surface area contributed by atoms with Gasteiger partial charge in [-0.3, -0.25) is 4.79 Å². The Labute approximate surface area is 121 Å². The molecular weight excluding hydrogens is 308 g/mol. The predicted octanol–water partition coefficient (Wildman–Crippen LogP) is 2.83. The van der Waals surface area contributed by atoms with Gasteiger partial charge in [-0.15, -0.1) is 0 Å². The van der Waals surface area contributed by atoms with Crippen molar-refractivity contribution in [1.29, 1.82) is 5.26 Å². The first-order valence-electron chi connectivity index (χ1n) is 6.18. The summed E-state index contributed by atoms with van der Waals surface area (Å²) in [4.78, 5) is 14.2. The van der Waals surface area contributed by atoms with Crippen LogP contribution in [0.25, 0.3) is 0 Å². The van der Waals surface area contributed by atoms with E-state index in [-0.39, 0.29) is 11.8 Å². The monoisotopic (exact) mass is 322 g/mol. The number of carbonyl (C=O) groups is 1. The lowest BCUT2D eigenvalue weighted by Crippen LogP contribution is -2.38. The van der Waals surface area contributed by atoms with Gasteiger partial charge in [0.25, 0.3) is 5.91 Å². The van der Waals surface area contributed by atoms with Gasteiger partial charge in [0.1, 0.15) is 5.75 Å². The highest BCUT2D eigenvalue weighted by Crippen LogP contribution is 2.26. The summed E-state index contributed by atoms with van der Waals surface area (Å²) in [6.45, 7) is 1.27. The van der Waals surface area contributed by atoms with E-state index in [2.05, 4.69) is 22.0 Å². The van der Waals surface area contributed by atoms with Crippen molar-refractivity contribution in [3.63, 3.8) is 0 Å². The molecule has 100 valence electrons. The predicted molar refractivity (Wildman–Crippen MR) is 74.9 cm³/mol. The molecule has 0 radical (unpaired) electrons. The van der Waals surface area contributed by atoms with Gasteiger partial charge in [-0.25, -0.2) is 0 Å². The van der Waals surface area contributed by atoms with Gasteiger partial charge in [-0.1, -0.05) is 15.9 Å². The first-order valence-corrected chi connectivity index (χ1v) is 6.97. The lowest BCUT2D eigenvalue weighted by Gasteiger charge is -2.29. The molecule has 1 aromatic rings. The number of nitrogens with zero attached hydrogens (tertiary/aromatic N) is 2. The summed E-state index contributed by atoms with van der Waals surface area (Å²) in [6.07, 6.45) is 1.50. The Morgan fingerprint density at radius 1 is 1.47 bits per heavy atom. The summed E-state index contributed by atoms with van der Waals surface area (Å²) >= 11 is 3.36. The fourth-order valence-electron chi connectivity index (χ4n) is 2.22. The van der Waals surface area contributed by atoms with Crippen LogP contribution < -0.4 is 4.74 Å². The van der Waals surface area contributed by atoms with E-state index in [9.17, 15) is 4.79 Å². The SMILES string of the molecule is COc1cc(Br)ccc1C(=O)N1CCC(C#N)CC1. The van der Waals surface area contributed by atoms with Crippen LogP contribution in [0.2, 0.25) is 0 Å². The quantitative estimate of drug-likeness (QED) is 0.841. The topological polar surface area (TPSA) is 53.3 Å². The lowest BCUT2D eigenvalue weighted by atomic mass is 9.98. The molecule has 1 aliphatic rings. The molecule has 1 aliphatic heterocycles. The molecule has 0 aromatic heterocycles. The highest BCUT2D eigenvalue weighted by Gasteiger charge is 2.25. The van der Waals surface area contributed by atoms with Gasteiger partial charge < -0.3 is 9.64 Å². The van der Waals surface area contributed by atoms with Gasteiger partial charge in [-0.05, 0) is 31.0 Å². The van der Waals surface area contributed by atoms with Crippen LogP contribution in [0.4, 0.5) is 0 Å². The number of amides is 1. The van der Waals surface area contributed by atoms with Crippen molar-refractivity contribution in [2.45, 2.75) is 12.8 Å². The molecule has 0 atom stereocenters. The summed E-state index contributed by atoms with van der Waals surface area (Å²) in [6, 6.07) is 7.65. The Kier molecular flexibility index (Phi) is 4.43. The fourth-order valence-corrected chi connectivity index (χ4v) is 2.56. The number of rotatable bonds is 2. The third-order valence-corrected chi connectivity index (χ3v) is 3.85. The maximum Gasteiger partial charge on any atom is 0.257 e. The average molecular weight is 323 g/mol. The van der Waals surface area contributed by atoms with Crippen LogP contribution in [0.5, 0.6) is 5.75 Å². The second kappa shape index (κ2) is 6.07. The number of carbonyl (C=O) groups excluding carboxylic acids is 1. The van der Waals surface area contributed by atoms with Crippen LogP contribution in [-0.2, 0) is 0 Å². The third kappa shape index (κ3) is 3.07. The molecule has 0 N–H and O–H groups in total. The molecule has 1 saturated heterocycles. The second-order valence-electron chi connectivity index (χ2n) is 4.54. The van der Waals surface area contributed by atoms with Crippen LogP contribution in [0.15, 0.2) is 22.7 Å². The fraction of sp³-hybridized carbons (Fsp3) is 0.429. The van der Waals surface area contributed by atoms with Gasteiger partial charge in [-0.2, -0.15) is 5.26 Å². The molecule has 1 aromatic carbocycles. The molecule has 0 aliphatic carbocycles. The summed E-state index contributed by atoms with van der Waals surface area (Å²) in [7, 11) is 1.56. The molecule has 0 spiro atoms. The smallest absolute Gasteiger partial charge is 0.257 e. The maximum atomic E-state index is 12.4. The van der Waals surface area contributed by atoms with Crippen molar-refractivity contribution in [2.24, 2.45) is 5.92 Å². The average Bonchev–Trinajstić information content (AvgIpc) is 2.46. The molecule has 5 heteroatoms. The van der Waals surface area contributed by atoms with Crippen molar-refractivity contribution >= 4 is 21.8 Å². The summed E-state index contributed by atoms with van der Waals surface area (Å²) in [5, 5.41) is 8.87. The number of benzene rings is 1. The molecule has 0 unspecified atom stereocenters. The molecular formula is C14H15BrN2O2. The molecule has 0 saturated carbocycles. The normalized spacial score (nSPS) is 15.9. The summed E-state index contributed by atoms with van der Waals surface area (Å²) < 4.78 is 6.13. The first kappa shape index (κ1) is 13.9. The van der Waals surface area contributed by atoms with Crippen molar-refractivity contribution in [3.05, 3.63) is 28.2 Å². The summed E-state index contributed by atoms with van der Waals surface area (Å²) in [5.41, 5.74) is 0.570. The third-order valence-electron chi connectivity index (χ3n) is 3.36. The minimum Gasteiger partial charge on any atom is -0.496 e. The Morgan fingerprint density at radius 3 is 2.74 bits per heavy atom. The van der Waals surface area contributed by atoms with Crippen LogP contribution >= 0.6 is 15.9 Å². The number of halogens is 1. The molecule has 1 fully saturated rings. The Bertz CT molecular complexity index is 517. The Hall–Kier alpha value is -1.54. The van der Waals surface area contributed by atoms with Crippen LogP contribution in [0.1, 0.15) is 23.2 Å². The number of likely N-dealkylation sites (tertiary alicyclic amines) is 1. The molecule has 1 amide bonds. The zero-order chi connectivity index (χ0) is 13.8. The van der Waals surface area contributed by atoms with Gasteiger partial charge in [0.2, 0.25) is 0 Å².